The van der Waals surface area contributed by atoms with E-state index in [1.54, 1.807) is 29.2 Å². The lowest BCUT2D eigenvalue weighted by atomic mass is 10.0. The molecule has 2 aromatic rings. The molecule has 0 N–H and O–H groups in total. The van der Waals surface area contributed by atoms with Crippen molar-refractivity contribution in [1.29, 1.82) is 0 Å². The highest BCUT2D eigenvalue weighted by Gasteiger charge is 2.29. The van der Waals surface area contributed by atoms with E-state index in [0.29, 0.717) is 30.0 Å². The summed E-state index contributed by atoms with van der Waals surface area (Å²) in [5.41, 5.74) is 2.10. The molecule has 0 aromatic heterocycles. The van der Waals surface area contributed by atoms with Crippen molar-refractivity contribution in [1.82, 2.24) is 0 Å². The molecule has 1 fully saturated rings. The predicted octanol–water partition coefficient (Wildman–Crippen LogP) is 3.51. The molecule has 22 heavy (non-hydrogen) atoms. The van der Waals surface area contributed by atoms with E-state index in [2.05, 4.69) is 0 Å². The molecule has 1 saturated heterocycles. The van der Waals surface area contributed by atoms with Gasteiger partial charge in [-0.05, 0) is 30.2 Å². The van der Waals surface area contributed by atoms with Crippen molar-refractivity contribution in [2.75, 3.05) is 17.3 Å². The number of alkyl halides is 1. The quantitative estimate of drug-likeness (QED) is 0.640. The van der Waals surface area contributed by atoms with Crippen molar-refractivity contribution in [3.05, 3.63) is 65.7 Å². The molecule has 1 atom stereocenters. The van der Waals surface area contributed by atoms with Crippen LogP contribution in [0.5, 0.6) is 0 Å². The van der Waals surface area contributed by atoms with Gasteiger partial charge in [0.25, 0.3) is 0 Å². The van der Waals surface area contributed by atoms with E-state index in [-0.39, 0.29) is 17.6 Å². The van der Waals surface area contributed by atoms with Gasteiger partial charge >= 0.3 is 0 Å². The molecule has 1 unspecified atom stereocenters. The average molecular weight is 314 g/mol. The Kier molecular flexibility index (Phi) is 4.25. The van der Waals surface area contributed by atoms with Gasteiger partial charge < -0.3 is 4.90 Å². The lowest BCUT2D eigenvalue weighted by Gasteiger charge is -2.16. The van der Waals surface area contributed by atoms with Crippen LogP contribution in [0.4, 0.5) is 5.69 Å². The number of carbonyl (C=O) groups is 2. The van der Waals surface area contributed by atoms with E-state index >= 15 is 0 Å². The number of halogens is 1. The molecule has 0 spiro atoms. The fourth-order valence-corrected chi connectivity index (χ4v) is 2.89. The van der Waals surface area contributed by atoms with Gasteiger partial charge in [0.15, 0.2) is 5.78 Å². The zero-order chi connectivity index (χ0) is 15.5. The standard InChI is InChI=1S/C18H16ClNO2/c19-11-13-10-17(21)20(12-13)16-8-6-15(7-9-16)18(22)14-4-2-1-3-5-14/h1-9,13H,10-12H2. The van der Waals surface area contributed by atoms with Crippen LogP contribution in [0.3, 0.4) is 0 Å². The first kappa shape index (κ1) is 14.8. The summed E-state index contributed by atoms with van der Waals surface area (Å²) < 4.78 is 0. The summed E-state index contributed by atoms with van der Waals surface area (Å²) in [6.07, 6.45) is 0.494. The van der Waals surface area contributed by atoms with Crippen LogP contribution in [0, 0.1) is 5.92 Å². The monoisotopic (exact) mass is 313 g/mol. The highest BCUT2D eigenvalue weighted by molar-refractivity contribution is 6.18. The smallest absolute Gasteiger partial charge is 0.227 e. The molecule has 1 aliphatic heterocycles. The van der Waals surface area contributed by atoms with Gasteiger partial charge in [0.1, 0.15) is 0 Å². The first-order valence-corrected chi connectivity index (χ1v) is 7.78. The van der Waals surface area contributed by atoms with Crippen LogP contribution in [0.15, 0.2) is 54.6 Å². The number of hydrogen-bond donors (Lipinski definition) is 0. The lowest BCUT2D eigenvalue weighted by molar-refractivity contribution is -0.117. The van der Waals surface area contributed by atoms with Gasteiger partial charge in [0.05, 0.1) is 0 Å². The number of carbonyl (C=O) groups excluding carboxylic acids is 2. The summed E-state index contributed by atoms with van der Waals surface area (Å²) in [7, 11) is 0. The summed E-state index contributed by atoms with van der Waals surface area (Å²) in [6.45, 7) is 0.647. The Bertz CT molecular complexity index is 682. The fraction of sp³-hybridized carbons (Fsp3) is 0.222. The van der Waals surface area contributed by atoms with E-state index in [1.807, 2.05) is 30.3 Å². The first-order chi connectivity index (χ1) is 10.7. The zero-order valence-corrected chi connectivity index (χ0v) is 12.8. The van der Waals surface area contributed by atoms with E-state index in [4.69, 9.17) is 11.6 Å². The minimum absolute atomic E-state index is 0.0152. The van der Waals surface area contributed by atoms with Crippen LogP contribution in [0.25, 0.3) is 0 Å². The molecule has 4 heteroatoms. The van der Waals surface area contributed by atoms with E-state index in [1.165, 1.54) is 0 Å². The summed E-state index contributed by atoms with van der Waals surface area (Å²) in [4.78, 5) is 26.1. The Balaban J connectivity index is 1.79. The molecule has 3 nitrogen and oxygen atoms in total. The Morgan fingerprint density at radius 2 is 1.68 bits per heavy atom. The van der Waals surface area contributed by atoms with Crippen molar-refractivity contribution < 1.29 is 9.59 Å². The number of benzene rings is 2. The normalized spacial score (nSPS) is 17.8. The molecular formula is C18H16ClNO2. The molecule has 0 aliphatic carbocycles. The SMILES string of the molecule is O=C(c1ccccc1)c1ccc(N2CC(CCl)CC2=O)cc1. The van der Waals surface area contributed by atoms with Crippen molar-refractivity contribution in [2.24, 2.45) is 5.92 Å². The van der Waals surface area contributed by atoms with E-state index in [0.717, 1.165) is 5.69 Å². The number of ketones is 1. The Morgan fingerprint density at radius 1 is 1.05 bits per heavy atom. The molecule has 1 heterocycles. The Labute approximate surface area is 134 Å². The van der Waals surface area contributed by atoms with Gasteiger partial charge in [-0.25, -0.2) is 0 Å². The maximum atomic E-state index is 12.3. The van der Waals surface area contributed by atoms with Gasteiger partial charge in [0, 0.05) is 35.7 Å². The third kappa shape index (κ3) is 2.90. The van der Waals surface area contributed by atoms with Crippen LogP contribution >= 0.6 is 11.6 Å². The lowest BCUT2D eigenvalue weighted by Crippen LogP contribution is -2.24. The number of anilines is 1. The molecule has 0 saturated carbocycles. The second-order valence-corrected chi connectivity index (χ2v) is 5.78. The zero-order valence-electron chi connectivity index (χ0n) is 12.0. The van der Waals surface area contributed by atoms with Gasteiger partial charge in [-0.15, -0.1) is 11.6 Å². The maximum Gasteiger partial charge on any atom is 0.227 e. The van der Waals surface area contributed by atoms with Crippen LogP contribution in [-0.2, 0) is 4.79 Å². The second-order valence-electron chi connectivity index (χ2n) is 5.47. The third-order valence-corrected chi connectivity index (χ3v) is 4.34. The number of nitrogens with zero attached hydrogens (tertiary/aromatic N) is 1. The minimum Gasteiger partial charge on any atom is -0.312 e. The number of amides is 1. The van der Waals surface area contributed by atoms with Crippen molar-refractivity contribution in [2.45, 2.75) is 6.42 Å². The Morgan fingerprint density at radius 3 is 2.27 bits per heavy atom. The molecule has 0 radical (unpaired) electrons. The number of hydrogen-bond acceptors (Lipinski definition) is 2. The topological polar surface area (TPSA) is 37.4 Å². The fourth-order valence-electron chi connectivity index (χ4n) is 2.68. The largest absolute Gasteiger partial charge is 0.312 e. The summed E-state index contributed by atoms with van der Waals surface area (Å²) in [5, 5.41) is 0. The summed E-state index contributed by atoms with van der Waals surface area (Å²) in [6, 6.07) is 16.4. The molecule has 2 aromatic carbocycles. The third-order valence-electron chi connectivity index (χ3n) is 3.90. The van der Waals surface area contributed by atoms with E-state index < -0.39 is 0 Å². The van der Waals surface area contributed by atoms with Crippen LogP contribution in [0.1, 0.15) is 22.3 Å². The van der Waals surface area contributed by atoms with Crippen molar-refractivity contribution >= 4 is 29.0 Å². The van der Waals surface area contributed by atoms with Crippen LogP contribution in [-0.4, -0.2) is 24.1 Å². The summed E-state index contributed by atoms with van der Waals surface area (Å²) in [5.74, 6) is 0.776. The van der Waals surface area contributed by atoms with Gasteiger partial charge in [-0.2, -0.15) is 0 Å². The molecular weight excluding hydrogens is 298 g/mol. The van der Waals surface area contributed by atoms with Crippen molar-refractivity contribution in [3.63, 3.8) is 0 Å². The highest BCUT2D eigenvalue weighted by Crippen LogP contribution is 2.26. The molecule has 3 rings (SSSR count). The van der Waals surface area contributed by atoms with E-state index in [9.17, 15) is 9.59 Å². The predicted molar refractivity (Wildman–Crippen MR) is 87.5 cm³/mol. The molecule has 0 bridgehead atoms. The van der Waals surface area contributed by atoms with Crippen LogP contribution in [0.2, 0.25) is 0 Å². The van der Waals surface area contributed by atoms with Gasteiger partial charge in [-0.1, -0.05) is 30.3 Å². The van der Waals surface area contributed by atoms with Gasteiger partial charge in [-0.3, -0.25) is 9.59 Å². The molecule has 1 amide bonds. The van der Waals surface area contributed by atoms with Crippen LogP contribution < -0.4 is 4.90 Å². The number of rotatable bonds is 4. The minimum atomic E-state index is -0.0152. The maximum absolute atomic E-state index is 12.3. The van der Waals surface area contributed by atoms with Gasteiger partial charge in [0.2, 0.25) is 5.91 Å². The summed E-state index contributed by atoms with van der Waals surface area (Å²) >= 11 is 5.84. The molecule has 112 valence electrons. The van der Waals surface area contributed by atoms with Crippen molar-refractivity contribution in [3.8, 4) is 0 Å². The average Bonchev–Trinajstić information content (AvgIpc) is 2.96. The first-order valence-electron chi connectivity index (χ1n) is 7.25. The Hall–Kier alpha value is -2.13. The second kappa shape index (κ2) is 6.32. The highest BCUT2D eigenvalue weighted by atomic mass is 35.5. The molecule has 1 aliphatic rings.